The summed E-state index contributed by atoms with van der Waals surface area (Å²) in [4.78, 5) is 38.0. The minimum absolute atomic E-state index is 0.0764. The summed E-state index contributed by atoms with van der Waals surface area (Å²) in [5.41, 5.74) is 0. The van der Waals surface area contributed by atoms with Gasteiger partial charge < -0.3 is 14.2 Å². The van der Waals surface area contributed by atoms with Crippen molar-refractivity contribution in [2.45, 2.75) is 284 Å². The van der Waals surface area contributed by atoms with Crippen LogP contribution in [0.25, 0.3) is 0 Å². The van der Waals surface area contributed by atoms with E-state index in [0.717, 1.165) is 83.5 Å². The van der Waals surface area contributed by atoms with Crippen LogP contribution in [-0.2, 0) is 28.6 Å². The summed E-state index contributed by atoms with van der Waals surface area (Å²) in [5.74, 6) is -0.885. The van der Waals surface area contributed by atoms with E-state index in [-0.39, 0.29) is 31.1 Å². The number of carbonyl (C=O) groups excluding carboxylic acids is 3. The highest BCUT2D eigenvalue weighted by Gasteiger charge is 2.19. The van der Waals surface area contributed by atoms with Crippen LogP contribution >= 0.6 is 0 Å². The molecule has 6 nitrogen and oxygen atoms in total. The Morgan fingerprint density at radius 2 is 0.590 bits per heavy atom. The van der Waals surface area contributed by atoms with Crippen LogP contribution in [-0.4, -0.2) is 37.2 Å². The van der Waals surface area contributed by atoms with Gasteiger partial charge in [-0.1, -0.05) is 218 Å². The van der Waals surface area contributed by atoms with E-state index in [9.17, 15) is 14.4 Å². The maximum Gasteiger partial charge on any atom is 0.306 e. The smallest absolute Gasteiger partial charge is 0.306 e. The zero-order valence-corrected chi connectivity index (χ0v) is 40.7. The molecule has 0 radical (unpaired) electrons. The lowest BCUT2D eigenvalue weighted by molar-refractivity contribution is -0.167. The van der Waals surface area contributed by atoms with Crippen LogP contribution in [0.3, 0.4) is 0 Å². The minimum atomic E-state index is -0.777. The van der Waals surface area contributed by atoms with Crippen molar-refractivity contribution >= 4 is 17.9 Å². The lowest BCUT2D eigenvalue weighted by atomic mass is 10.1. The molecular formula is C55H100O6. The average Bonchev–Trinajstić information content (AvgIpc) is 3.26. The van der Waals surface area contributed by atoms with E-state index in [1.807, 2.05) is 0 Å². The third-order valence-corrected chi connectivity index (χ3v) is 11.6. The first-order chi connectivity index (χ1) is 30.0. The molecule has 0 unspecified atom stereocenters. The Labute approximate surface area is 378 Å². The second-order valence-electron chi connectivity index (χ2n) is 17.8. The molecule has 0 amide bonds. The molecule has 0 aliphatic heterocycles. The molecule has 0 saturated carbocycles. The maximum absolute atomic E-state index is 12.8. The Bertz CT molecular complexity index is 1030. The maximum atomic E-state index is 12.8. The summed E-state index contributed by atoms with van der Waals surface area (Å²) in [6, 6.07) is 0. The van der Waals surface area contributed by atoms with Gasteiger partial charge >= 0.3 is 17.9 Å². The Kier molecular flexibility index (Phi) is 48.3. The van der Waals surface area contributed by atoms with E-state index in [0.29, 0.717) is 19.3 Å². The molecule has 0 aromatic heterocycles. The van der Waals surface area contributed by atoms with Crippen molar-refractivity contribution in [3.8, 4) is 0 Å². The van der Waals surface area contributed by atoms with Gasteiger partial charge in [0.15, 0.2) is 6.10 Å². The van der Waals surface area contributed by atoms with E-state index in [1.165, 1.54) is 154 Å². The molecule has 6 heteroatoms. The van der Waals surface area contributed by atoms with Crippen molar-refractivity contribution in [3.05, 3.63) is 36.5 Å². The fraction of sp³-hybridized carbons (Fsp3) is 0.836. The van der Waals surface area contributed by atoms with Crippen LogP contribution in [0, 0.1) is 0 Å². The number of esters is 3. The number of carbonyl (C=O) groups is 3. The van der Waals surface area contributed by atoms with Gasteiger partial charge in [0.1, 0.15) is 13.2 Å². The molecule has 356 valence electrons. The predicted octanol–water partition coefficient (Wildman–Crippen LogP) is 17.3. The summed E-state index contributed by atoms with van der Waals surface area (Å²) in [5, 5.41) is 0. The summed E-state index contributed by atoms with van der Waals surface area (Å²) in [7, 11) is 0. The highest BCUT2D eigenvalue weighted by molar-refractivity contribution is 5.71. The number of hydrogen-bond acceptors (Lipinski definition) is 6. The van der Waals surface area contributed by atoms with Gasteiger partial charge in [0.2, 0.25) is 0 Å². The molecule has 0 bridgehead atoms. The summed E-state index contributed by atoms with van der Waals surface area (Å²) < 4.78 is 16.8. The van der Waals surface area contributed by atoms with E-state index in [2.05, 4.69) is 57.2 Å². The number of unbranched alkanes of at least 4 members (excludes halogenated alkanes) is 31. The molecule has 0 N–H and O–H groups in total. The fourth-order valence-corrected chi connectivity index (χ4v) is 7.59. The zero-order chi connectivity index (χ0) is 44.4. The van der Waals surface area contributed by atoms with Crippen LogP contribution in [0.2, 0.25) is 0 Å². The van der Waals surface area contributed by atoms with Crippen LogP contribution in [0.5, 0.6) is 0 Å². The first-order valence-electron chi connectivity index (χ1n) is 26.5. The molecule has 0 aliphatic rings. The lowest BCUT2D eigenvalue weighted by Gasteiger charge is -2.18. The summed E-state index contributed by atoms with van der Waals surface area (Å²) in [6.45, 7) is 6.61. The highest BCUT2D eigenvalue weighted by atomic mass is 16.6. The first kappa shape index (κ1) is 58.6. The monoisotopic (exact) mass is 857 g/mol. The van der Waals surface area contributed by atoms with Gasteiger partial charge in [-0.25, -0.2) is 0 Å². The number of ether oxygens (including phenoxy) is 3. The average molecular weight is 857 g/mol. The van der Waals surface area contributed by atoms with Gasteiger partial charge in [-0.15, -0.1) is 0 Å². The highest BCUT2D eigenvalue weighted by Crippen LogP contribution is 2.15. The zero-order valence-electron chi connectivity index (χ0n) is 40.7. The molecular weight excluding hydrogens is 757 g/mol. The van der Waals surface area contributed by atoms with Crippen LogP contribution < -0.4 is 0 Å². The van der Waals surface area contributed by atoms with E-state index < -0.39 is 6.10 Å². The molecule has 0 saturated heterocycles. The Morgan fingerprint density at radius 1 is 0.328 bits per heavy atom. The predicted molar refractivity (Wildman–Crippen MR) is 261 cm³/mol. The van der Waals surface area contributed by atoms with Gasteiger partial charge in [0, 0.05) is 19.3 Å². The Hall–Kier alpha value is -2.37. The fourth-order valence-electron chi connectivity index (χ4n) is 7.59. The molecule has 0 aromatic carbocycles. The summed E-state index contributed by atoms with van der Waals surface area (Å²) >= 11 is 0. The second-order valence-corrected chi connectivity index (χ2v) is 17.8. The molecule has 0 fully saturated rings. The van der Waals surface area contributed by atoms with Crippen molar-refractivity contribution in [1.29, 1.82) is 0 Å². The van der Waals surface area contributed by atoms with Gasteiger partial charge in [-0.3, -0.25) is 14.4 Å². The molecule has 1 atom stereocenters. The molecule has 0 rings (SSSR count). The van der Waals surface area contributed by atoms with Gasteiger partial charge in [-0.05, 0) is 77.0 Å². The Morgan fingerprint density at radius 3 is 0.951 bits per heavy atom. The number of hydrogen-bond donors (Lipinski definition) is 0. The first-order valence-corrected chi connectivity index (χ1v) is 26.5. The van der Waals surface area contributed by atoms with Crippen LogP contribution in [0.15, 0.2) is 36.5 Å². The SMILES string of the molecule is CCCCC/C=C\C/C=C\CCCCCCCC(=O)O[C@@H](COC(=O)CCCCCCCCC/C=C\CCCCCCCC)COC(=O)CCCCCCCCCCCCC. The van der Waals surface area contributed by atoms with Gasteiger partial charge in [0.05, 0.1) is 0 Å². The van der Waals surface area contributed by atoms with Gasteiger partial charge in [0.25, 0.3) is 0 Å². The van der Waals surface area contributed by atoms with E-state index >= 15 is 0 Å². The number of allylic oxidation sites excluding steroid dienone is 6. The third-order valence-electron chi connectivity index (χ3n) is 11.6. The van der Waals surface area contributed by atoms with Crippen molar-refractivity contribution in [3.63, 3.8) is 0 Å². The lowest BCUT2D eigenvalue weighted by Crippen LogP contribution is -2.30. The van der Waals surface area contributed by atoms with Gasteiger partial charge in [-0.2, -0.15) is 0 Å². The van der Waals surface area contributed by atoms with Crippen molar-refractivity contribution in [2.24, 2.45) is 0 Å². The number of rotatable bonds is 48. The van der Waals surface area contributed by atoms with Crippen molar-refractivity contribution < 1.29 is 28.6 Å². The van der Waals surface area contributed by atoms with Crippen LogP contribution in [0.1, 0.15) is 278 Å². The van der Waals surface area contributed by atoms with E-state index in [4.69, 9.17) is 14.2 Å². The summed E-state index contributed by atoms with van der Waals surface area (Å²) in [6.07, 6.45) is 58.4. The van der Waals surface area contributed by atoms with Crippen molar-refractivity contribution in [2.75, 3.05) is 13.2 Å². The third kappa shape index (κ3) is 48.5. The Balaban J connectivity index is 4.36. The molecule has 0 spiro atoms. The van der Waals surface area contributed by atoms with Crippen molar-refractivity contribution in [1.82, 2.24) is 0 Å². The second kappa shape index (κ2) is 50.3. The largest absolute Gasteiger partial charge is 0.462 e. The molecule has 61 heavy (non-hydrogen) atoms. The topological polar surface area (TPSA) is 78.9 Å². The minimum Gasteiger partial charge on any atom is -0.462 e. The molecule has 0 aromatic rings. The standard InChI is InChI=1S/C55H100O6/c1-4-7-10-13-16-19-22-24-26-27-29-30-33-36-39-42-45-48-54(57)60-51-52(50-59-53(56)47-44-41-38-35-32-21-18-15-12-9-6-3)61-55(58)49-46-43-40-37-34-31-28-25-23-20-17-14-11-8-5-2/h17,20,24-26,28,52H,4-16,18-19,21-23,27,29-51H2,1-3H3/b20-17-,26-24-,28-25-/t52-/m1/s1. The molecule has 0 heterocycles. The van der Waals surface area contributed by atoms with E-state index in [1.54, 1.807) is 0 Å². The quantitative estimate of drug-likeness (QED) is 0.0262. The van der Waals surface area contributed by atoms with Crippen LogP contribution in [0.4, 0.5) is 0 Å². The molecule has 0 aliphatic carbocycles. The normalized spacial score (nSPS) is 12.2.